The summed E-state index contributed by atoms with van der Waals surface area (Å²) in [7, 11) is 1.70. The molecule has 5 heteroatoms. The fraction of sp³-hybridized carbons (Fsp3) is 0.385. The van der Waals surface area contributed by atoms with Crippen LogP contribution in [0.4, 0.5) is 0 Å². The van der Waals surface area contributed by atoms with Crippen molar-refractivity contribution in [1.82, 2.24) is 9.88 Å². The Morgan fingerprint density at radius 3 is 3.22 bits per heavy atom. The molecule has 0 aromatic carbocycles. The summed E-state index contributed by atoms with van der Waals surface area (Å²) in [4.78, 5) is 19.2. The number of carbonyl (C=O) groups excluding carboxylic acids is 1. The molecule has 1 aliphatic heterocycles. The number of carbonyl (C=O) groups is 1. The highest BCUT2D eigenvalue weighted by Crippen LogP contribution is 2.26. The number of methoxy groups -OCH3 is 1. The minimum Gasteiger partial charge on any atom is -0.380 e. The molecule has 18 heavy (non-hydrogen) atoms. The lowest BCUT2D eigenvalue weighted by Gasteiger charge is -2.14. The van der Waals surface area contributed by atoms with Crippen LogP contribution < -0.4 is 0 Å². The van der Waals surface area contributed by atoms with Crippen molar-refractivity contribution >= 4 is 27.5 Å². The number of nitrogens with zero attached hydrogens (tertiary/aromatic N) is 2. The van der Waals surface area contributed by atoms with Crippen molar-refractivity contribution in [2.24, 2.45) is 0 Å². The zero-order valence-electron chi connectivity index (χ0n) is 10.1. The van der Waals surface area contributed by atoms with E-state index in [9.17, 15) is 4.79 Å². The van der Waals surface area contributed by atoms with Gasteiger partial charge >= 0.3 is 0 Å². The van der Waals surface area contributed by atoms with Gasteiger partial charge in [-0.15, -0.1) is 11.3 Å². The molecule has 0 N–H and O–H groups in total. The van der Waals surface area contributed by atoms with E-state index in [1.807, 2.05) is 23.1 Å². The Morgan fingerprint density at radius 2 is 2.50 bits per heavy atom. The second-order valence-corrected chi connectivity index (χ2v) is 5.48. The molecule has 0 saturated carbocycles. The molecule has 94 valence electrons. The van der Waals surface area contributed by atoms with Gasteiger partial charge in [0.2, 0.25) is 0 Å². The Hall–Kier alpha value is -1.46. The van der Waals surface area contributed by atoms with Crippen molar-refractivity contribution in [1.29, 1.82) is 0 Å². The maximum absolute atomic E-state index is 12.3. The van der Waals surface area contributed by atoms with Gasteiger partial charge in [0.05, 0.1) is 21.2 Å². The van der Waals surface area contributed by atoms with Gasteiger partial charge in [-0.3, -0.25) is 9.78 Å². The van der Waals surface area contributed by atoms with E-state index in [2.05, 4.69) is 4.98 Å². The molecule has 0 radical (unpaired) electrons. The van der Waals surface area contributed by atoms with Crippen LogP contribution in [0.1, 0.15) is 16.1 Å². The van der Waals surface area contributed by atoms with E-state index < -0.39 is 0 Å². The highest BCUT2D eigenvalue weighted by Gasteiger charge is 2.27. The van der Waals surface area contributed by atoms with Gasteiger partial charge in [-0.25, -0.2) is 0 Å². The van der Waals surface area contributed by atoms with Crippen LogP contribution in [-0.2, 0) is 4.74 Å². The zero-order chi connectivity index (χ0) is 12.5. The van der Waals surface area contributed by atoms with E-state index in [-0.39, 0.29) is 12.0 Å². The summed E-state index contributed by atoms with van der Waals surface area (Å²) in [5, 5.41) is 0. The maximum Gasteiger partial charge on any atom is 0.264 e. The monoisotopic (exact) mass is 262 g/mol. The van der Waals surface area contributed by atoms with Crippen LogP contribution in [0.15, 0.2) is 24.4 Å². The average Bonchev–Trinajstić information content (AvgIpc) is 3.04. The van der Waals surface area contributed by atoms with Gasteiger partial charge in [0, 0.05) is 26.4 Å². The van der Waals surface area contributed by atoms with E-state index in [1.54, 1.807) is 13.3 Å². The van der Waals surface area contributed by atoms with Crippen LogP contribution in [0.5, 0.6) is 0 Å². The molecule has 4 nitrogen and oxygen atoms in total. The molecule has 1 amide bonds. The Kier molecular flexibility index (Phi) is 3.01. The smallest absolute Gasteiger partial charge is 0.264 e. The minimum absolute atomic E-state index is 0.0950. The predicted molar refractivity (Wildman–Crippen MR) is 70.9 cm³/mol. The molecule has 3 rings (SSSR count). The Bertz CT molecular complexity index is 548. The average molecular weight is 262 g/mol. The third kappa shape index (κ3) is 2.00. The molecular formula is C13H14N2O2S. The van der Waals surface area contributed by atoms with Gasteiger partial charge in [0.15, 0.2) is 0 Å². The molecule has 1 unspecified atom stereocenters. The van der Waals surface area contributed by atoms with Crippen molar-refractivity contribution in [2.45, 2.75) is 12.5 Å². The van der Waals surface area contributed by atoms with Crippen molar-refractivity contribution in [3.63, 3.8) is 0 Å². The number of hydrogen-bond donors (Lipinski definition) is 0. The lowest BCUT2D eigenvalue weighted by molar-refractivity contribution is 0.0728. The first-order chi connectivity index (χ1) is 8.78. The van der Waals surface area contributed by atoms with Crippen LogP contribution in [0.2, 0.25) is 0 Å². The molecule has 2 aromatic rings. The number of ether oxygens (including phenoxy) is 1. The summed E-state index contributed by atoms with van der Waals surface area (Å²) in [5.41, 5.74) is 0.897. The standard InChI is InChI=1S/C13H14N2O2S/c1-17-9-4-6-15(8-9)13(16)12-7-10-11(18-12)3-2-5-14-10/h2-3,5,7,9H,4,6,8H2,1H3. The van der Waals surface area contributed by atoms with Crippen LogP contribution >= 0.6 is 11.3 Å². The van der Waals surface area contributed by atoms with E-state index in [1.165, 1.54) is 11.3 Å². The second-order valence-electron chi connectivity index (χ2n) is 4.39. The van der Waals surface area contributed by atoms with Gasteiger partial charge in [-0.2, -0.15) is 0 Å². The molecule has 0 spiro atoms. The van der Waals surface area contributed by atoms with Crippen molar-refractivity contribution < 1.29 is 9.53 Å². The predicted octanol–water partition coefficient (Wildman–Crippen LogP) is 2.16. The molecule has 3 heterocycles. The lowest BCUT2D eigenvalue weighted by Crippen LogP contribution is -2.29. The van der Waals surface area contributed by atoms with Crippen LogP contribution in [0.25, 0.3) is 10.2 Å². The molecular weight excluding hydrogens is 248 g/mol. The highest BCUT2D eigenvalue weighted by atomic mass is 32.1. The second kappa shape index (κ2) is 4.66. The molecule has 1 aliphatic rings. The number of fused-ring (bicyclic) bond motifs is 1. The first kappa shape index (κ1) is 11.6. The number of thiophene rings is 1. The van der Waals surface area contributed by atoms with Crippen molar-refractivity contribution in [3.05, 3.63) is 29.3 Å². The summed E-state index contributed by atoms with van der Waals surface area (Å²) in [5.74, 6) is 0.0950. The molecule has 0 bridgehead atoms. The van der Waals surface area contributed by atoms with Crippen molar-refractivity contribution in [3.8, 4) is 0 Å². The lowest BCUT2D eigenvalue weighted by atomic mass is 10.3. The Morgan fingerprint density at radius 1 is 1.61 bits per heavy atom. The maximum atomic E-state index is 12.3. The molecule has 1 saturated heterocycles. The number of amides is 1. The first-order valence-electron chi connectivity index (χ1n) is 5.94. The largest absolute Gasteiger partial charge is 0.380 e. The van der Waals surface area contributed by atoms with E-state index >= 15 is 0 Å². The first-order valence-corrected chi connectivity index (χ1v) is 6.76. The Balaban J connectivity index is 1.84. The number of likely N-dealkylation sites (tertiary alicyclic amines) is 1. The third-order valence-corrected chi connectivity index (χ3v) is 4.34. The molecule has 0 aliphatic carbocycles. The topological polar surface area (TPSA) is 42.4 Å². The summed E-state index contributed by atoms with van der Waals surface area (Å²) < 4.78 is 6.34. The molecule has 1 atom stereocenters. The minimum atomic E-state index is 0.0950. The number of rotatable bonds is 2. The highest BCUT2D eigenvalue weighted by molar-refractivity contribution is 7.20. The number of pyridine rings is 1. The summed E-state index contributed by atoms with van der Waals surface area (Å²) in [6.07, 6.45) is 2.85. The van der Waals surface area contributed by atoms with E-state index in [0.29, 0.717) is 6.54 Å². The van der Waals surface area contributed by atoms with E-state index in [0.717, 1.165) is 28.1 Å². The van der Waals surface area contributed by atoms with Crippen LogP contribution in [-0.4, -0.2) is 42.1 Å². The zero-order valence-corrected chi connectivity index (χ0v) is 10.9. The quantitative estimate of drug-likeness (QED) is 0.833. The van der Waals surface area contributed by atoms with Gasteiger partial charge in [0.1, 0.15) is 0 Å². The fourth-order valence-electron chi connectivity index (χ4n) is 2.24. The summed E-state index contributed by atoms with van der Waals surface area (Å²) in [6, 6.07) is 5.76. The van der Waals surface area contributed by atoms with Crippen LogP contribution in [0, 0.1) is 0 Å². The van der Waals surface area contributed by atoms with Gasteiger partial charge < -0.3 is 9.64 Å². The van der Waals surface area contributed by atoms with Crippen LogP contribution in [0.3, 0.4) is 0 Å². The summed E-state index contributed by atoms with van der Waals surface area (Å²) >= 11 is 1.51. The Labute approximate surface area is 109 Å². The number of hydrogen-bond acceptors (Lipinski definition) is 4. The van der Waals surface area contributed by atoms with E-state index in [4.69, 9.17) is 4.74 Å². The third-order valence-electron chi connectivity index (χ3n) is 3.26. The van der Waals surface area contributed by atoms with Gasteiger partial charge in [0.25, 0.3) is 5.91 Å². The molecule has 1 fully saturated rings. The fourth-order valence-corrected chi connectivity index (χ4v) is 3.22. The normalized spacial score (nSPS) is 19.6. The SMILES string of the molecule is COC1CCN(C(=O)c2cc3ncccc3s2)C1. The summed E-state index contributed by atoms with van der Waals surface area (Å²) in [6.45, 7) is 1.47. The van der Waals surface area contributed by atoms with Crippen molar-refractivity contribution in [2.75, 3.05) is 20.2 Å². The molecule has 2 aromatic heterocycles. The number of aromatic nitrogens is 1. The van der Waals surface area contributed by atoms with Gasteiger partial charge in [-0.1, -0.05) is 0 Å². The van der Waals surface area contributed by atoms with Gasteiger partial charge in [-0.05, 0) is 24.6 Å².